The molecule has 2 aromatic carbocycles. The van der Waals surface area contributed by atoms with E-state index in [2.05, 4.69) is 17.4 Å². The Labute approximate surface area is 187 Å². The second kappa shape index (κ2) is 9.02. The number of benzene rings is 2. The predicted molar refractivity (Wildman–Crippen MR) is 119 cm³/mol. The van der Waals surface area contributed by atoms with Gasteiger partial charge in [0.15, 0.2) is 0 Å². The summed E-state index contributed by atoms with van der Waals surface area (Å²) in [5.41, 5.74) is 4.50. The van der Waals surface area contributed by atoms with Crippen molar-refractivity contribution in [1.29, 1.82) is 0 Å². The molecule has 1 fully saturated rings. The number of aliphatic carboxylic acids is 1. The third kappa shape index (κ3) is 4.07. The van der Waals surface area contributed by atoms with Crippen LogP contribution >= 0.6 is 0 Å². The number of carboxylic acid groups (broad SMARTS) is 1. The van der Waals surface area contributed by atoms with Crippen molar-refractivity contribution in [3.05, 3.63) is 59.7 Å². The number of amides is 2. The number of carbonyl (C=O) groups excluding carboxylic acids is 2. The summed E-state index contributed by atoms with van der Waals surface area (Å²) in [6.45, 7) is 4.17. The number of carboxylic acids is 1. The fraction of sp³-hybridized carbons (Fsp3) is 0.400. The van der Waals surface area contributed by atoms with Crippen molar-refractivity contribution in [1.82, 2.24) is 10.2 Å². The van der Waals surface area contributed by atoms with Crippen molar-refractivity contribution < 1.29 is 24.2 Å². The van der Waals surface area contributed by atoms with Gasteiger partial charge in [-0.3, -0.25) is 4.79 Å². The van der Waals surface area contributed by atoms with Crippen LogP contribution in [0.4, 0.5) is 4.79 Å². The van der Waals surface area contributed by atoms with Crippen LogP contribution in [0, 0.1) is 5.92 Å². The number of ether oxygens (including phenoxy) is 1. The Morgan fingerprint density at radius 1 is 1.06 bits per heavy atom. The van der Waals surface area contributed by atoms with E-state index in [1.54, 1.807) is 0 Å². The predicted octanol–water partition coefficient (Wildman–Crippen LogP) is 3.63. The molecule has 0 bridgehead atoms. The maximum Gasteiger partial charge on any atom is 0.407 e. The second-order valence-corrected chi connectivity index (χ2v) is 8.72. The lowest BCUT2D eigenvalue weighted by Crippen LogP contribution is -2.53. The zero-order chi connectivity index (χ0) is 22.8. The van der Waals surface area contributed by atoms with E-state index in [1.165, 1.54) is 4.90 Å². The van der Waals surface area contributed by atoms with Crippen LogP contribution in [0.2, 0.25) is 0 Å². The Balaban J connectivity index is 1.44. The minimum atomic E-state index is -1.01. The molecule has 0 saturated carbocycles. The third-order valence-corrected chi connectivity index (χ3v) is 6.37. The molecular weight excluding hydrogens is 408 g/mol. The van der Waals surface area contributed by atoms with Crippen LogP contribution in [0.15, 0.2) is 48.5 Å². The standard InChI is InChI=1S/C25H28N2O5/c1-15(2)22(23(28)27-13-7-12-21(27)24(29)30)26-25(31)32-14-20-18-10-5-3-8-16(18)17-9-4-6-11-19(17)20/h3-6,8-11,15,20-22H,7,12-14H2,1-2H3,(H,26,31)(H,29,30)/t21-,22+/m1/s1. The topological polar surface area (TPSA) is 95.9 Å². The summed E-state index contributed by atoms with van der Waals surface area (Å²) in [6.07, 6.45) is 0.389. The highest BCUT2D eigenvalue weighted by molar-refractivity contribution is 5.90. The molecule has 2 amide bonds. The van der Waals surface area contributed by atoms with Gasteiger partial charge in [0.25, 0.3) is 0 Å². The molecule has 1 saturated heterocycles. The molecule has 2 atom stereocenters. The minimum absolute atomic E-state index is 0.0728. The molecule has 1 aliphatic carbocycles. The molecule has 2 N–H and O–H groups in total. The Morgan fingerprint density at radius 3 is 2.22 bits per heavy atom. The monoisotopic (exact) mass is 436 g/mol. The summed E-state index contributed by atoms with van der Waals surface area (Å²) in [5.74, 6) is -1.67. The van der Waals surface area contributed by atoms with E-state index >= 15 is 0 Å². The van der Waals surface area contributed by atoms with E-state index in [4.69, 9.17) is 4.74 Å². The van der Waals surface area contributed by atoms with Crippen LogP contribution in [0.25, 0.3) is 11.1 Å². The van der Waals surface area contributed by atoms with Gasteiger partial charge in [-0.1, -0.05) is 62.4 Å². The van der Waals surface area contributed by atoms with Gasteiger partial charge >= 0.3 is 12.1 Å². The van der Waals surface area contributed by atoms with Gasteiger partial charge in [-0.05, 0) is 41.0 Å². The summed E-state index contributed by atoms with van der Waals surface area (Å²) < 4.78 is 5.57. The lowest BCUT2D eigenvalue weighted by molar-refractivity contribution is -0.149. The molecular formula is C25H28N2O5. The number of fused-ring (bicyclic) bond motifs is 3. The highest BCUT2D eigenvalue weighted by Gasteiger charge is 2.39. The Hall–Kier alpha value is -3.35. The molecule has 0 radical (unpaired) electrons. The average Bonchev–Trinajstić information content (AvgIpc) is 3.39. The van der Waals surface area contributed by atoms with E-state index in [9.17, 15) is 19.5 Å². The van der Waals surface area contributed by atoms with Crippen LogP contribution in [-0.4, -0.2) is 53.2 Å². The van der Waals surface area contributed by atoms with Gasteiger partial charge < -0.3 is 20.1 Å². The van der Waals surface area contributed by atoms with Crippen molar-refractivity contribution in [3.8, 4) is 11.1 Å². The van der Waals surface area contributed by atoms with Crippen molar-refractivity contribution in [2.24, 2.45) is 5.92 Å². The summed E-state index contributed by atoms with van der Waals surface area (Å²) in [6, 6.07) is 14.5. The molecule has 168 valence electrons. The van der Waals surface area contributed by atoms with Gasteiger partial charge in [-0.25, -0.2) is 9.59 Å². The van der Waals surface area contributed by atoms with Crippen LogP contribution in [0.5, 0.6) is 0 Å². The minimum Gasteiger partial charge on any atom is -0.480 e. The first-order valence-corrected chi connectivity index (χ1v) is 11.0. The molecule has 1 heterocycles. The van der Waals surface area contributed by atoms with E-state index in [-0.39, 0.29) is 24.3 Å². The molecule has 32 heavy (non-hydrogen) atoms. The van der Waals surface area contributed by atoms with Crippen LogP contribution in [0.3, 0.4) is 0 Å². The summed E-state index contributed by atoms with van der Waals surface area (Å²) >= 11 is 0. The fourth-order valence-electron chi connectivity index (χ4n) is 4.75. The molecule has 0 unspecified atom stereocenters. The van der Waals surface area contributed by atoms with Crippen molar-refractivity contribution in [3.63, 3.8) is 0 Å². The molecule has 7 nitrogen and oxygen atoms in total. The normalized spacial score (nSPS) is 18.2. The average molecular weight is 437 g/mol. The van der Waals surface area contributed by atoms with Crippen LogP contribution < -0.4 is 5.32 Å². The molecule has 2 aliphatic rings. The van der Waals surface area contributed by atoms with Crippen molar-refractivity contribution >= 4 is 18.0 Å². The first-order chi connectivity index (χ1) is 15.4. The van der Waals surface area contributed by atoms with Gasteiger partial charge in [-0.2, -0.15) is 0 Å². The lowest BCUT2D eigenvalue weighted by atomic mass is 9.98. The maximum atomic E-state index is 13.0. The number of alkyl carbamates (subject to hydrolysis) is 1. The molecule has 0 spiro atoms. The summed E-state index contributed by atoms with van der Waals surface area (Å²) in [5, 5.41) is 12.1. The van der Waals surface area contributed by atoms with Gasteiger partial charge in [0, 0.05) is 12.5 Å². The molecule has 1 aliphatic heterocycles. The second-order valence-electron chi connectivity index (χ2n) is 8.72. The number of hydrogen-bond acceptors (Lipinski definition) is 4. The van der Waals surface area contributed by atoms with E-state index in [1.807, 2.05) is 50.2 Å². The van der Waals surface area contributed by atoms with Gasteiger partial charge in [0.2, 0.25) is 5.91 Å². The number of hydrogen-bond donors (Lipinski definition) is 2. The van der Waals surface area contributed by atoms with E-state index < -0.39 is 24.1 Å². The first-order valence-electron chi connectivity index (χ1n) is 11.0. The Kier molecular flexibility index (Phi) is 6.17. The highest BCUT2D eigenvalue weighted by atomic mass is 16.5. The van der Waals surface area contributed by atoms with Gasteiger partial charge in [0.05, 0.1) is 0 Å². The van der Waals surface area contributed by atoms with Gasteiger partial charge in [-0.15, -0.1) is 0 Å². The fourth-order valence-corrected chi connectivity index (χ4v) is 4.75. The lowest BCUT2D eigenvalue weighted by Gasteiger charge is -2.29. The third-order valence-electron chi connectivity index (χ3n) is 6.37. The summed E-state index contributed by atoms with van der Waals surface area (Å²) in [7, 11) is 0. The van der Waals surface area contributed by atoms with Gasteiger partial charge in [0.1, 0.15) is 18.7 Å². The molecule has 7 heteroatoms. The number of nitrogens with one attached hydrogen (secondary N) is 1. The zero-order valence-electron chi connectivity index (χ0n) is 18.3. The summed E-state index contributed by atoms with van der Waals surface area (Å²) in [4.78, 5) is 38.5. The highest BCUT2D eigenvalue weighted by Crippen LogP contribution is 2.44. The Morgan fingerprint density at radius 2 is 1.66 bits per heavy atom. The number of likely N-dealkylation sites (tertiary alicyclic amines) is 1. The van der Waals surface area contributed by atoms with Crippen molar-refractivity contribution in [2.75, 3.05) is 13.2 Å². The SMILES string of the molecule is CC(C)[C@H](NC(=O)OCC1c2ccccc2-c2ccccc21)C(=O)N1CCC[C@@H]1C(=O)O. The molecule has 4 rings (SSSR count). The maximum absolute atomic E-state index is 13.0. The Bertz CT molecular complexity index is 989. The van der Waals surface area contributed by atoms with Crippen LogP contribution in [0.1, 0.15) is 43.7 Å². The van der Waals surface area contributed by atoms with Crippen molar-refractivity contribution in [2.45, 2.75) is 44.7 Å². The largest absolute Gasteiger partial charge is 0.480 e. The number of nitrogens with zero attached hydrogens (tertiary/aromatic N) is 1. The van der Waals surface area contributed by atoms with Crippen LogP contribution in [-0.2, 0) is 14.3 Å². The number of rotatable bonds is 6. The quantitative estimate of drug-likeness (QED) is 0.721. The smallest absolute Gasteiger partial charge is 0.407 e. The zero-order valence-corrected chi connectivity index (χ0v) is 18.3. The molecule has 2 aromatic rings. The molecule has 0 aromatic heterocycles. The van der Waals surface area contributed by atoms with E-state index in [0.717, 1.165) is 22.3 Å². The first kappa shape index (κ1) is 21.9. The number of carbonyl (C=O) groups is 3. The van der Waals surface area contributed by atoms with E-state index in [0.29, 0.717) is 19.4 Å².